The lowest BCUT2D eigenvalue weighted by atomic mass is 10.1. The Morgan fingerprint density at radius 3 is 2.65 bits per heavy atom. The Morgan fingerprint density at radius 1 is 1.17 bits per heavy atom. The van der Waals surface area contributed by atoms with Crippen molar-refractivity contribution < 1.29 is 13.7 Å². The normalized spacial score (nSPS) is 10.5. The minimum Gasteiger partial charge on any atom is -0.356 e. The van der Waals surface area contributed by atoms with Crippen LogP contribution in [0, 0.1) is 12.7 Å². The van der Waals surface area contributed by atoms with Gasteiger partial charge in [-0.15, -0.1) is 0 Å². The van der Waals surface area contributed by atoms with Crippen molar-refractivity contribution in [2.75, 3.05) is 5.32 Å². The van der Waals surface area contributed by atoms with Crippen LogP contribution in [0.25, 0.3) is 11.3 Å². The Balaban J connectivity index is 1.68. The number of halogens is 1. The van der Waals surface area contributed by atoms with E-state index < -0.39 is 0 Å². The topological polar surface area (TPSA) is 55.1 Å². The zero-order valence-corrected chi connectivity index (χ0v) is 12.5. The van der Waals surface area contributed by atoms with E-state index >= 15 is 0 Å². The van der Waals surface area contributed by atoms with Gasteiger partial charge in [0, 0.05) is 17.3 Å². The number of para-hydroxylation sites is 1. The highest BCUT2D eigenvalue weighted by Crippen LogP contribution is 2.21. The number of carbonyl (C=O) groups excluding carboxylic acids is 1. The molecule has 1 heterocycles. The summed E-state index contributed by atoms with van der Waals surface area (Å²) in [7, 11) is 0. The van der Waals surface area contributed by atoms with Crippen LogP contribution in [0.4, 0.5) is 10.1 Å². The van der Waals surface area contributed by atoms with Crippen molar-refractivity contribution in [1.29, 1.82) is 0 Å². The van der Waals surface area contributed by atoms with Crippen LogP contribution in [0.2, 0.25) is 0 Å². The van der Waals surface area contributed by atoms with Crippen LogP contribution < -0.4 is 5.32 Å². The zero-order chi connectivity index (χ0) is 16.2. The number of hydrogen-bond acceptors (Lipinski definition) is 3. The van der Waals surface area contributed by atoms with Gasteiger partial charge in [0.15, 0.2) is 5.76 Å². The van der Waals surface area contributed by atoms with Gasteiger partial charge >= 0.3 is 0 Å². The highest BCUT2D eigenvalue weighted by Gasteiger charge is 2.11. The molecule has 0 aliphatic heterocycles. The first-order chi connectivity index (χ1) is 11.1. The van der Waals surface area contributed by atoms with Crippen LogP contribution >= 0.6 is 0 Å². The molecule has 1 aromatic heterocycles. The fourth-order valence-electron chi connectivity index (χ4n) is 2.22. The van der Waals surface area contributed by atoms with Gasteiger partial charge < -0.3 is 9.84 Å². The van der Waals surface area contributed by atoms with E-state index in [-0.39, 0.29) is 18.1 Å². The van der Waals surface area contributed by atoms with Gasteiger partial charge in [-0.05, 0) is 42.8 Å². The molecule has 0 atom stereocenters. The van der Waals surface area contributed by atoms with Crippen molar-refractivity contribution in [3.8, 4) is 11.3 Å². The van der Waals surface area contributed by atoms with Gasteiger partial charge in [-0.2, -0.15) is 0 Å². The van der Waals surface area contributed by atoms with E-state index in [1.54, 1.807) is 18.2 Å². The fourth-order valence-corrected chi connectivity index (χ4v) is 2.22. The maximum atomic E-state index is 12.9. The molecular weight excluding hydrogens is 295 g/mol. The molecule has 2 aromatic carbocycles. The minimum atomic E-state index is -0.314. The Kier molecular flexibility index (Phi) is 4.19. The maximum absolute atomic E-state index is 12.9. The molecule has 5 heteroatoms. The highest BCUT2D eigenvalue weighted by molar-refractivity contribution is 5.92. The third-order valence-corrected chi connectivity index (χ3v) is 3.45. The van der Waals surface area contributed by atoms with Crippen LogP contribution in [-0.2, 0) is 11.2 Å². The third kappa shape index (κ3) is 3.63. The van der Waals surface area contributed by atoms with Gasteiger partial charge in [0.25, 0.3) is 0 Å². The Hall–Kier alpha value is -2.95. The molecular formula is C18H15FN2O2. The molecule has 0 fully saturated rings. The lowest BCUT2D eigenvalue weighted by Crippen LogP contribution is -2.15. The standard InChI is InChI=1S/C18H15FN2O2/c1-12-4-2-3-5-16(12)20-18(22)11-15-10-17(23-21-15)13-6-8-14(19)9-7-13/h2-10H,11H2,1H3,(H,20,22). The maximum Gasteiger partial charge on any atom is 0.230 e. The lowest BCUT2D eigenvalue weighted by Gasteiger charge is -2.06. The molecule has 0 aliphatic carbocycles. The fraction of sp³-hybridized carbons (Fsp3) is 0.111. The number of aryl methyl sites for hydroxylation is 1. The van der Waals surface area contributed by atoms with Crippen molar-refractivity contribution in [1.82, 2.24) is 5.16 Å². The average Bonchev–Trinajstić information content (AvgIpc) is 2.98. The average molecular weight is 310 g/mol. The molecule has 1 amide bonds. The largest absolute Gasteiger partial charge is 0.356 e. The third-order valence-electron chi connectivity index (χ3n) is 3.45. The first kappa shape index (κ1) is 15.0. The van der Waals surface area contributed by atoms with Crippen LogP contribution in [0.5, 0.6) is 0 Å². The smallest absolute Gasteiger partial charge is 0.230 e. The second-order valence-electron chi connectivity index (χ2n) is 5.23. The monoisotopic (exact) mass is 310 g/mol. The van der Waals surface area contributed by atoms with Gasteiger partial charge in [0.1, 0.15) is 5.82 Å². The summed E-state index contributed by atoms with van der Waals surface area (Å²) >= 11 is 0. The minimum absolute atomic E-state index is 0.110. The molecule has 0 saturated carbocycles. The number of nitrogens with zero attached hydrogens (tertiary/aromatic N) is 1. The summed E-state index contributed by atoms with van der Waals surface area (Å²) in [6.45, 7) is 1.93. The molecule has 3 rings (SSSR count). The van der Waals surface area contributed by atoms with Crippen molar-refractivity contribution in [3.63, 3.8) is 0 Å². The number of carbonyl (C=O) groups is 1. The van der Waals surface area contributed by atoms with Gasteiger partial charge in [-0.25, -0.2) is 4.39 Å². The number of aromatic nitrogens is 1. The number of benzene rings is 2. The number of hydrogen-bond donors (Lipinski definition) is 1. The van der Waals surface area contributed by atoms with Gasteiger partial charge in [-0.3, -0.25) is 4.79 Å². The Bertz CT molecular complexity index is 825. The summed E-state index contributed by atoms with van der Waals surface area (Å²) < 4.78 is 18.1. The van der Waals surface area contributed by atoms with E-state index in [2.05, 4.69) is 10.5 Å². The van der Waals surface area contributed by atoms with Crippen molar-refractivity contribution in [3.05, 3.63) is 71.7 Å². The molecule has 0 radical (unpaired) electrons. The van der Waals surface area contributed by atoms with E-state index in [1.807, 2.05) is 31.2 Å². The summed E-state index contributed by atoms with van der Waals surface area (Å²) in [5, 5.41) is 6.73. The van der Waals surface area contributed by atoms with E-state index in [4.69, 9.17) is 4.52 Å². The Morgan fingerprint density at radius 2 is 1.91 bits per heavy atom. The van der Waals surface area contributed by atoms with Crippen LogP contribution in [0.15, 0.2) is 59.1 Å². The summed E-state index contributed by atoms with van der Waals surface area (Å²) in [6.07, 6.45) is 0.110. The van der Waals surface area contributed by atoms with Gasteiger partial charge in [0.05, 0.1) is 12.1 Å². The predicted octanol–water partition coefficient (Wildman–Crippen LogP) is 3.97. The summed E-state index contributed by atoms with van der Waals surface area (Å²) in [6, 6.07) is 15.1. The first-order valence-electron chi connectivity index (χ1n) is 7.19. The van der Waals surface area contributed by atoms with Crippen LogP contribution in [0.3, 0.4) is 0 Å². The predicted molar refractivity (Wildman–Crippen MR) is 85.4 cm³/mol. The highest BCUT2D eigenvalue weighted by atomic mass is 19.1. The second-order valence-corrected chi connectivity index (χ2v) is 5.23. The SMILES string of the molecule is Cc1ccccc1NC(=O)Cc1cc(-c2ccc(F)cc2)on1. The number of amides is 1. The molecule has 3 aromatic rings. The molecule has 1 N–H and O–H groups in total. The van der Waals surface area contributed by atoms with Crippen LogP contribution in [0.1, 0.15) is 11.3 Å². The summed E-state index contributed by atoms with van der Waals surface area (Å²) in [4.78, 5) is 12.1. The van der Waals surface area contributed by atoms with Gasteiger partial charge in [0.2, 0.25) is 5.91 Å². The van der Waals surface area contributed by atoms with Crippen molar-refractivity contribution in [2.45, 2.75) is 13.3 Å². The van der Waals surface area contributed by atoms with E-state index in [9.17, 15) is 9.18 Å². The number of nitrogens with one attached hydrogen (secondary N) is 1. The zero-order valence-electron chi connectivity index (χ0n) is 12.5. The number of rotatable bonds is 4. The van der Waals surface area contributed by atoms with E-state index in [0.29, 0.717) is 17.0 Å². The van der Waals surface area contributed by atoms with E-state index in [0.717, 1.165) is 11.3 Å². The van der Waals surface area contributed by atoms with Crippen molar-refractivity contribution in [2.24, 2.45) is 0 Å². The van der Waals surface area contributed by atoms with Crippen LogP contribution in [-0.4, -0.2) is 11.1 Å². The molecule has 0 unspecified atom stereocenters. The first-order valence-corrected chi connectivity index (χ1v) is 7.19. The molecule has 4 nitrogen and oxygen atoms in total. The molecule has 0 bridgehead atoms. The number of anilines is 1. The summed E-state index contributed by atoms with van der Waals surface area (Å²) in [5.41, 5.74) is 3.01. The molecule has 0 saturated heterocycles. The molecule has 0 spiro atoms. The van der Waals surface area contributed by atoms with E-state index in [1.165, 1.54) is 12.1 Å². The lowest BCUT2D eigenvalue weighted by molar-refractivity contribution is -0.115. The quantitative estimate of drug-likeness (QED) is 0.793. The molecule has 23 heavy (non-hydrogen) atoms. The molecule has 0 aliphatic rings. The van der Waals surface area contributed by atoms with Gasteiger partial charge in [-0.1, -0.05) is 23.4 Å². The van der Waals surface area contributed by atoms with Crippen molar-refractivity contribution >= 4 is 11.6 Å². The summed E-state index contributed by atoms with van der Waals surface area (Å²) in [5.74, 6) is 0.0213. The molecule has 116 valence electrons. The Labute approximate surface area is 132 Å². The second kappa shape index (κ2) is 6.44.